The number of nitriles is 1. The average Bonchev–Trinajstić information content (AvgIpc) is 2.46. The van der Waals surface area contributed by atoms with E-state index in [4.69, 9.17) is 5.26 Å². The van der Waals surface area contributed by atoms with Crippen LogP contribution in [0.15, 0.2) is 40.9 Å². The molecule has 0 spiro atoms. The van der Waals surface area contributed by atoms with Crippen molar-refractivity contribution in [1.82, 2.24) is 10.2 Å². The number of nitrogens with one attached hydrogen (secondary N) is 1. The summed E-state index contributed by atoms with van der Waals surface area (Å²) in [6, 6.07) is 13.6. The Bertz CT molecular complexity index is 629. The van der Waals surface area contributed by atoms with Crippen LogP contribution >= 0.6 is 15.9 Å². The Kier molecular flexibility index (Phi) is 4.35. The molecule has 0 atom stereocenters. The second kappa shape index (κ2) is 6.02. The molecule has 0 bridgehead atoms. The molecule has 5 heteroatoms. The summed E-state index contributed by atoms with van der Waals surface area (Å²) in [4.78, 5) is 0. The van der Waals surface area contributed by atoms with Crippen LogP contribution < -0.4 is 5.32 Å². The predicted molar refractivity (Wildman–Crippen MR) is 82.4 cm³/mol. The lowest BCUT2D eigenvalue weighted by molar-refractivity contribution is 0.553. The van der Waals surface area contributed by atoms with Gasteiger partial charge in [0.1, 0.15) is 11.9 Å². The minimum Gasteiger partial charge on any atom is -0.368 e. The van der Waals surface area contributed by atoms with Gasteiger partial charge in [0.05, 0.1) is 0 Å². The maximum absolute atomic E-state index is 8.69. The molecule has 4 nitrogen and oxygen atoms in total. The number of benzene rings is 1. The fraction of sp³-hybridized carbons (Fsp3) is 0.267. The normalized spacial score (nSPS) is 10.9. The summed E-state index contributed by atoms with van der Waals surface area (Å²) in [7, 11) is 0. The van der Waals surface area contributed by atoms with Crippen LogP contribution in [0.1, 0.15) is 25.1 Å². The standard InChI is InChI=1S/C15H15BrN4/c1-15(2,12-5-3-4-6-13(12)16)10-18-14-8-7-11(9-17)19-20-14/h3-8H,10H2,1-2H3,(H,18,20). The summed E-state index contributed by atoms with van der Waals surface area (Å²) >= 11 is 3.59. The van der Waals surface area contributed by atoms with Gasteiger partial charge in [0.2, 0.25) is 0 Å². The van der Waals surface area contributed by atoms with Gasteiger partial charge in [0.25, 0.3) is 0 Å². The molecule has 20 heavy (non-hydrogen) atoms. The Morgan fingerprint density at radius 3 is 2.55 bits per heavy atom. The molecule has 102 valence electrons. The monoisotopic (exact) mass is 330 g/mol. The zero-order chi connectivity index (χ0) is 14.6. The molecule has 2 aromatic rings. The number of rotatable bonds is 4. The Morgan fingerprint density at radius 1 is 1.20 bits per heavy atom. The van der Waals surface area contributed by atoms with Crippen molar-refractivity contribution in [2.24, 2.45) is 0 Å². The first kappa shape index (κ1) is 14.5. The molecule has 1 aromatic heterocycles. The molecule has 1 aromatic carbocycles. The lowest BCUT2D eigenvalue weighted by Crippen LogP contribution is -2.28. The van der Waals surface area contributed by atoms with Crippen molar-refractivity contribution in [1.29, 1.82) is 5.26 Å². The van der Waals surface area contributed by atoms with E-state index in [0.717, 1.165) is 11.0 Å². The van der Waals surface area contributed by atoms with Crippen LogP contribution in [0, 0.1) is 11.3 Å². The van der Waals surface area contributed by atoms with E-state index in [-0.39, 0.29) is 5.41 Å². The predicted octanol–water partition coefficient (Wildman–Crippen LogP) is 3.50. The number of nitrogens with zero attached hydrogens (tertiary/aromatic N) is 3. The molecule has 0 aliphatic carbocycles. The van der Waals surface area contributed by atoms with Gasteiger partial charge in [-0.05, 0) is 23.8 Å². The average molecular weight is 331 g/mol. The van der Waals surface area contributed by atoms with Gasteiger partial charge in [-0.2, -0.15) is 5.26 Å². The molecule has 0 saturated heterocycles. The zero-order valence-electron chi connectivity index (χ0n) is 11.4. The Morgan fingerprint density at radius 2 is 1.95 bits per heavy atom. The van der Waals surface area contributed by atoms with Crippen LogP contribution in [-0.4, -0.2) is 16.7 Å². The van der Waals surface area contributed by atoms with Gasteiger partial charge in [0, 0.05) is 16.4 Å². The quantitative estimate of drug-likeness (QED) is 0.931. The first-order chi connectivity index (χ1) is 9.53. The van der Waals surface area contributed by atoms with Gasteiger partial charge in [-0.1, -0.05) is 48.0 Å². The second-order valence-corrected chi connectivity index (χ2v) is 5.99. The van der Waals surface area contributed by atoms with Gasteiger partial charge in [-0.15, -0.1) is 10.2 Å². The third kappa shape index (κ3) is 3.34. The summed E-state index contributed by atoms with van der Waals surface area (Å²) in [5, 5.41) is 19.7. The van der Waals surface area contributed by atoms with Gasteiger partial charge in [-0.3, -0.25) is 0 Å². The summed E-state index contributed by atoms with van der Waals surface area (Å²) in [5.74, 6) is 0.670. The highest BCUT2D eigenvalue weighted by Crippen LogP contribution is 2.30. The summed E-state index contributed by atoms with van der Waals surface area (Å²) in [6.45, 7) is 5.05. The van der Waals surface area contributed by atoms with E-state index >= 15 is 0 Å². The Labute approximate surface area is 127 Å². The molecule has 0 saturated carbocycles. The van der Waals surface area contributed by atoms with Crippen LogP contribution in [0.3, 0.4) is 0 Å². The number of aromatic nitrogens is 2. The number of hydrogen-bond acceptors (Lipinski definition) is 4. The minimum atomic E-state index is -0.0598. The Balaban J connectivity index is 2.09. The van der Waals surface area contributed by atoms with Crippen LogP contribution in [0.2, 0.25) is 0 Å². The van der Waals surface area contributed by atoms with Crippen molar-refractivity contribution in [2.45, 2.75) is 19.3 Å². The highest BCUT2D eigenvalue weighted by molar-refractivity contribution is 9.10. The molecule has 1 N–H and O–H groups in total. The molecule has 1 heterocycles. The Hall–Kier alpha value is -1.93. The van der Waals surface area contributed by atoms with Crippen molar-refractivity contribution in [3.05, 3.63) is 52.1 Å². The maximum atomic E-state index is 8.69. The van der Waals surface area contributed by atoms with Crippen LogP contribution in [0.5, 0.6) is 0 Å². The SMILES string of the molecule is CC(C)(CNc1ccc(C#N)nn1)c1ccccc1Br. The van der Waals surface area contributed by atoms with E-state index < -0.39 is 0 Å². The molecule has 0 aliphatic heterocycles. The number of halogens is 1. The molecule has 0 unspecified atom stereocenters. The van der Waals surface area contributed by atoms with Crippen molar-refractivity contribution >= 4 is 21.7 Å². The van der Waals surface area contributed by atoms with E-state index in [2.05, 4.69) is 51.4 Å². The minimum absolute atomic E-state index is 0.0598. The molecule has 2 rings (SSSR count). The largest absolute Gasteiger partial charge is 0.368 e. The van der Waals surface area contributed by atoms with Crippen molar-refractivity contribution in [2.75, 3.05) is 11.9 Å². The van der Waals surface area contributed by atoms with Crippen molar-refractivity contribution < 1.29 is 0 Å². The smallest absolute Gasteiger partial charge is 0.163 e. The van der Waals surface area contributed by atoms with Crippen LogP contribution in [0.25, 0.3) is 0 Å². The first-order valence-corrected chi connectivity index (χ1v) is 7.05. The molecular formula is C15H15BrN4. The van der Waals surface area contributed by atoms with Crippen LogP contribution in [-0.2, 0) is 5.41 Å². The lowest BCUT2D eigenvalue weighted by Gasteiger charge is -2.27. The highest BCUT2D eigenvalue weighted by Gasteiger charge is 2.22. The zero-order valence-corrected chi connectivity index (χ0v) is 13.0. The molecule has 0 radical (unpaired) electrons. The molecule has 0 fully saturated rings. The van der Waals surface area contributed by atoms with E-state index in [1.807, 2.05) is 24.3 Å². The van der Waals surface area contributed by atoms with Crippen LogP contribution in [0.4, 0.5) is 5.82 Å². The van der Waals surface area contributed by atoms with Gasteiger partial charge in [-0.25, -0.2) is 0 Å². The van der Waals surface area contributed by atoms with Crippen molar-refractivity contribution in [3.63, 3.8) is 0 Å². The summed E-state index contributed by atoms with van der Waals surface area (Å²) in [5.41, 5.74) is 1.49. The molecule has 0 aliphatic rings. The number of anilines is 1. The third-order valence-electron chi connectivity index (χ3n) is 3.09. The van der Waals surface area contributed by atoms with Gasteiger partial charge >= 0.3 is 0 Å². The topological polar surface area (TPSA) is 61.6 Å². The second-order valence-electron chi connectivity index (χ2n) is 5.13. The summed E-state index contributed by atoms with van der Waals surface area (Å²) < 4.78 is 1.10. The lowest BCUT2D eigenvalue weighted by atomic mass is 9.84. The fourth-order valence-corrected chi connectivity index (χ4v) is 2.72. The fourth-order valence-electron chi connectivity index (χ4n) is 1.90. The molecular weight excluding hydrogens is 316 g/mol. The van der Waals surface area contributed by atoms with E-state index in [1.165, 1.54) is 5.56 Å². The molecule has 0 amide bonds. The number of hydrogen-bond donors (Lipinski definition) is 1. The van der Waals surface area contributed by atoms with E-state index in [0.29, 0.717) is 11.5 Å². The first-order valence-electron chi connectivity index (χ1n) is 6.25. The van der Waals surface area contributed by atoms with Gasteiger partial charge < -0.3 is 5.32 Å². The van der Waals surface area contributed by atoms with E-state index in [9.17, 15) is 0 Å². The summed E-state index contributed by atoms with van der Waals surface area (Å²) in [6.07, 6.45) is 0. The van der Waals surface area contributed by atoms with Gasteiger partial charge in [0.15, 0.2) is 5.69 Å². The van der Waals surface area contributed by atoms with E-state index in [1.54, 1.807) is 12.1 Å². The maximum Gasteiger partial charge on any atom is 0.163 e. The third-order valence-corrected chi connectivity index (χ3v) is 3.79. The highest BCUT2D eigenvalue weighted by atomic mass is 79.9. The van der Waals surface area contributed by atoms with Crippen molar-refractivity contribution in [3.8, 4) is 6.07 Å².